The number of halogens is 1. The second kappa shape index (κ2) is 5.47. The second-order valence-corrected chi connectivity index (χ2v) is 5.77. The monoisotopic (exact) mass is 321 g/mol. The van der Waals surface area contributed by atoms with Gasteiger partial charge in [-0.15, -0.1) is 0 Å². The van der Waals surface area contributed by atoms with Gasteiger partial charge in [0.2, 0.25) is 0 Å². The SMILES string of the molecule is Cc1cc(C)c(-c2c(Br)nc(CCN)n2C)cc1C. The first-order valence-electron chi connectivity index (χ1n) is 6.45. The van der Waals surface area contributed by atoms with E-state index in [4.69, 9.17) is 5.73 Å². The first-order valence-corrected chi connectivity index (χ1v) is 7.24. The third-order valence-electron chi connectivity index (χ3n) is 3.61. The molecule has 0 saturated carbocycles. The molecular formula is C15H20BrN3. The Kier molecular flexibility index (Phi) is 4.11. The first-order chi connectivity index (χ1) is 8.95. The van der Waals surface area contributed by atoms with Gasteiger partial charge < -0.3 is 10.3 Å². The molecule has 1 aromatic heterocycles. The predicted octanol–water partition coefficient (Wildman–Crippen LogP) is 3.28. The lowest BCUT2D eigenvalue weighted by molar-refractivity contribution is 0.781. The Balaban J connectivity index is 2.62. The molecule has 0 bridgehead atoms. The van der Waals surface area contributed by atoms with Gasteiger partial charge in [0.05, 0.1) is 5.69 Å². The van der Waals surface area contributed by atoms with E-state index in [-0.39, 0.29) is 0 Å². The van der Waals surface area contributed by atoms with E-state index in [1.165, 1.54) is 22.3 Å². The molecule has 1 heterocycles. The molecule has 0 aliphatic rings. The standard InChI is InChI=1S/C15H20BrN3/c1-9-7-11(3)12(8-10(9)2)14-15(16)18-13(5-6-17)19(14)4/h7-8H,5-6,17H2,1-4H3. The number of nitrogens with two attached hydrogens (primary N) is 1. The van der Waals surface area contributed by atoms with Crippen LogP contribution in [0.15, 0.2) is 16.7 Å². The van der Waals surface area contributed by atoms with Gasteiger partial charge in [-0.05, 0) is 66.0 Å². The van der Waals surface area contributed by atoms with Crippen LogP contribution in [0, 0.1) is 20.8 Å². The summed E-state index contributed by atoms with van der Waals surface area (Å²) >= 11 is 3.58. The van der Waals surface area contributed by atoms with Crippen LogP contribution in [0.1, 0.15) is 22.5 Å². The van der Waals surface area contributed by atoms with Crippen LogP contribution in [-0.2, 0) is 13.5 Å². The summed E-state index contributed by atoms with van der Waals surface area (Å²) in [6.07, 6.45) is 0.791. The molecule has 4 heteroatoms. The largest absolute Gasteiger partial charge is 0.330 e. The summed E-state index contributed by atoms with van der Waals surface area (Å²) in [5.41, 5.74) is 11.9. The van der Waals surface area contributed by atoms with Crippen molar-refractivity contribution < 1.29 is 0 Å². The van der Waals surface area contributed by atoms with Crippen LogP contribution in [0.5, 0.6) is 0 Å². The zero-order chi connectivity index (χ0) is 14.2. The molecule has 1 aromatic carbocycles. The molecule has 2 N–H and O–H groups in total. The molecule has 0 unspecified atom stereocenters. The fraction of sp³-hybridized carbons (Fsp3) is 0.400. The second-order valence-electron chi connectivity index (χ2n) is 5.02. The third kappa shape index (κ3) is 2.60. The van der Waals surface area contributed by atoms with E-state index in [9.17, 15) is 0 Å². The van der Waals surface area contributed by atoms with E-state index in [1.54, 1.807) is 0 Å². The van der Waals surface area contributed by atoms with Crippen LogP contribution in [-0.4, -0.2) is 16.1 Å². The van der Waals surface area contributed by atoms with Gasteiger partial charge in [-0.25, -0.2) is 4.98 Å². The van der Waals surface area contributed by atoms with Gasteiger partial charge in [0.1, 0.15) is 10.4 Å². The molecule has 0 saturated heterocycles. The molecule has 0 atom stereocenters. The van der Waals surface area contributed by atoms with Crippen molar-refractivity contribution in [1.82, 2.24) is 9.55 Å². The number of rotatable bonds is 3. The van der Waals surface area contributed by atoms with Crippen molar-refractivity contribution in [1.29, 1.82) is 0 Å². The number of imidazole rings is 1. The maximum absolute atomic E-state index is 5.63. The summed E-state index contributed by atoms with van der Waals surface area (Å²) in [6, 6.07) is 4.46. The highest BCUT2D eigenvalue weighted by Crippen LogP contribution is 2.32. The fourth-order valence-electron chi connectivity index (χ4n) is 2.37. The van der Waals surface area contributed by atoms with Gasteiger partial charge >= 0.3 is 0 Å². The van der Waals surface area contributed by atoms with Crippen LogP contribution in [0.3, 0.4) is 0 Å². The molecule has 102 valence electrons. The minimum atomic E-state index is 0.614. The Bertz CT molecular complexity index is 614. The number of aryl methyl sites for hydroxylation is 3. The lowest BCUT2D eigenvalue weighted by atomic mass is 9.99. The average Bonchev–Trinajstić information content (AvgIpc) is 2.61. The van der Waals surface area contributed by atoms with Crippen LogP contribution < -0.4 is 5.73 Å². The van der Waals surface area contributed by atoms with Crippen LogP contribution >= 0.6 is 15.9 Å². The van der Waals surface area contributed by atoms with Gasteiger partial charge in [0.15, 0.2) is 0 Å². The van der Waals surface area contributed by atoms with Crippen molar-refractivity contribution in [2.45, 2.75) is 27.2 Å². The lowest BCUT2D eigenvalue weighted by Gasteiger charge is -2.12. The number of hydrogen-bond acceptors (Lipinski definition) is 2. The Labute approximate surface area is 123 Å². The smallest absolute Gasteiger partial charge is 0.132 e. The van der Waals surface area contributed by atoms with E-state index in [2.05, 4.69) is 58.4 Å². The Hall–Kier alpha value is -1.13. The van der Waals surface area contributed by atoms with Crippen molar-refractivity contribution in [2.24, 2.45) is 12.8 Å². The summed E-state index contributed by atoms with van der Waals surface area (Å²) in [6.45, 7) is 7.04. The molecule has 0 radical (unpaired) electrons. The van der Waals surface area contributed by atoms with Crippen LogP contribution in [0.2, 0.25) is 0 Å². The van der Waals surface area contributed by atoms with Gasteiger partial charge in [-0.1, -0.05) is 6.07 Å². The van der Waals surface area contributed by atoms with Gasteiger partial charge in [0, 0.05) is 19.0 Å². The highest BCUT2D eigenvalue weighted by atomic mass is 79.9. The number of hydrogen-bond donors (Lipinski definition) is 1. The van der Waals surface area contributed by atoms with E-state index < -0.39 is 0 Å². The van der Waals surface area contributed by atoms with Crippen molar-refractivity contribution in [3.63, 3.8) is 0 Å². The molecule has 3 nitrogen and oxygen atoms in total. The maximum Gasteiger partial charge on any atom is 0.132 e. The van der Waals surface area contributed by atoms with Crippen LogP contribution in [0.4, 0.5) is 0 Å². The van der Waals surface area contributed by atoms with Gasteiger partial charge in [-0.2, -0.15) is 0 Å². The Morgan fingerprint density at radius 3 is 2.42 bits per heavy atom. The van der Waals surface area contributed by atoms with E-state index >= 15 is 0 Å². The lowest BCUT2D eigenvalue weighted by Crippen LogP contribution is -2.08. The maximum atomic E-state index is 5.63. The van der Waals surface area contributed by atoms with E-state index in [1.807, 2.05) is 7.05 Å². The molecule has 0 spiro atoms. The fourth-order valence-corrected chi connectivity index (χ4v) is 3.05. The van der Waals surface area contributed by atoms with Gasteiger partial charge in [0.25, 0.3) is 0 Å². The summed E-state index contributed by atoms with van der Waals surface area (Å²) in [7, 11) is 2.05. The van der Waals surface area contributed by atoms with Gasteiger partial charge in [-0.3, -0.25) is 0 Å². The highest BCUT2D eigenvalue weighted by molar-refractivity contribution is 9.10. The Morgan fingerprint density at radius 1 is 1.16 bits per heavy atom. The Morgan fingerprint density at radius 2 is 1.79 bits per heavy atom. The zero-order valence-corrected chi connectivity index (χ0v) is 13.5. The molecule has 0 aliphatic heterocycles. The quantitative estimate of drug-likeness (QED) is 0.942. The van der Waals surface area contributed by atoms with E-state index in [0.717, 1.165) is 22.5 Å². The molecular weight excluding hydrogens is 302 g/mol. The number of nitrogens with zero attached hydrogens (tertiary/aromatic N) is 2. The number of aromatic nitrogens is 2. The zero-order valence-electron chi connectivity index (χ0n) is 11.9. The third-order valence-corrected chi connectivity index (χ3v) is 4.16. The predicted molar refractivity (Wildman–Crippen MR) is 83.3 cm³/mol. The normalized spacial score (nSPS) is 11.1. The molecule has 0 fully saturated rings. The van der Waals surface area contributed by atoms with Crippen molar-refractivity contribution >= 4 is 15.9 Å². The van der Waals surface area contributed by atoms with E-state index in [0.29, 0.717) is 6.54 Å². The summed E-state index contributed by atoms with van der Waals surface area (Å²) in [5.74, 6) is 1.02. The minimum absolute atomic E-state index is 0.614. The van der Waals surface area contributed by atoms with Crippen molar-refractivity contribution in [3.05, 3.63) is 39.3 Å². The molecule has 0 amide bonds. The topological polar surface area (TPSA) is 43.8 Å². The first kappa shape index (κ1) is 14.3. The molecule has 2 aromatic rings. The summed E-state index contributed by atoms with van der Waals surface area (Å²) in [4.78, 5) is 4.57. The average molecular weight is 322 g/mol. The minimum Gasteiger partial charge on any atom is -0.330 e. The molecule has 2 rings (SSSR count). The number of benzene rings is 1. The van der Waals surface area contributed by atoms with Crippen molar-refractivity contribution in [2.75, 3.05) is 6.54 Å². The summed E-state index contributed by atoms with van der Waals surface area (Å²) in [5, 5.41) is 0. The molecule has 0 aliphatic carbocycles. The van der Waals surface area contributed by atoms with Crippen molar-refractivity contribution in [3.8, 4) is 11.3 Å². The molecule has 19 heavy (non-hydrogen) atoms. The summed E-state index contributed by atoms with van der Waals surface area (Å²) < 4.78 is 3.03. The van der Waals surface area contributed by atoms with Crippen LogP contribution in [0.25, 0.3) is 11.3 Å². The highest BCUT2D eigenvalue weighted by Gasteiger charge is 2.16.